The van der Waals surface area contributed by atoms with E-state index in [-0.39, 0.29) is 39.2 Å². The summed E-state index contributed by atoms with van der Waals surface area (Å²) in [5, 5.41) is 18.5. The minimum absolute atomic E-state index is 0.00265. The summed E-state index contributed by atoms with van der Waals surface area (Å²) in [6.45, 7) is 1.74. The predicted molar refractivity (Wildman–Crippen MR) is 169 cm³/mol. The van der Waals surface area contributed by atoms with Gasteiger partial charge in [-0.25, -0.2) is 24.0 Å². The van der Waals surface area contributed by atoms with E-state index < -0.39 is 28.7 Å². The lowest BCUT2D eigenvalue weighted by molar-refractivity contribution is 0.262. The largest absolute Gasteiger partial charge is 0.382 e. The van der Waals surface area contributed by atoms with Gasteiger partial charge in [-0.05, 0) is 48.9 Å². The molecule has 0 aliphatic carbocycles. The number of carbonyl (C=O) groups excluding carboxylic acids is 1. The number of rotatable bonds is 8. The van der Waals surface area contributed by atoms with Gasteiger partial charge in [0.05, 0.1) is 33.4 Å². The number of carbonyl (C=O) groups is 1. The van der Waals surface area contributed by atoms with Gasteiger partial charge in [-0.3, -0.25) is 9.36 Å². The molecule has 13 nitrogen and oxygen atoms in total. The van der Waals surface area contributed by atoms with Crippen LogP contribution in [0.2, 0.25) is 5.02 Å². The SMILES string of the molecule is C[C@H](Nc1ncnc(N)c1C#N)c1nc2cccc(Cl)c2c(=O)n1-c1cccc(NC(=O)Nc2ccccc2CS(=O)O)c1. The van der Waals surface area contributed by atoms with Crippen molar-refractivity contribution in [3.05, 3.63) is 105 Å². The van der Waals surface area contributed by atoms with Crippen LogP contribution in [0.5, 0.6) is 0 Å². The first-order chi connectivity index (χ1) is 21.2. The number of aromatic nitrogens is 4. The van der Waals surface area contributed by atoms with Crippen molar-refractivity contribution in [2.24, 2.45) is 0 Å². The summed E-state index contributed by atoms with van der Waals surface area (Å²) in [5.41, 5.74) is 7.37. The zero-order valence-corrected chi connectivity index (χ0v) is 24.6. The average Bonchev–Trinajstić information content (AvgIpc) is 2.98. The molecule has 5 aromatic rings. The van der Waals surface area contributed by atoms with Gasteiger partial charge in [0.2, 0.25) is 0 Å². The summed E-state index contributed by atoms with van der Waals surface area (Å²) < 4.78 is 22.0. The zero-order valence-electron chi connectivity index (χ0n) is 23.0. The molecule has 2 aromatic heterocycles. The maximum atomic E-state index is 14.0. The van der Waals surface area contributed by atoms with Crippen molar-refractivity contribution < 1.29 is 13.6 Å². The summed E-state index contributed by atoms with van der Waals surface area (Å²) in [6, 6.07) is 18.8. The molecule has 0 saturated carbocycles. The molecule has 0 aliphatic heterocycles. The Morgan fingerprint density at radius 3 is 2.68 bits per heavy atom. The van der Waals surface area contributed by atoms with E-state index in [2.05, 4.69) is 25.9 Å². The lowest BCUT2D eigenvalue weighted by Crippen LogP contribution is -2.28. The van der Waals surface area contributed by atoms with E-state index in [9.17, 15) is 23.6 Å². The van der Waals surface area contributed by atoms with Crippen LogP contribution in [-0.4, -0.2) is 34.3 Å². The molecule has 0 saturated heterocycles. The molecule has 0 bridgehead atoms. The van der Waals surface area contributed by atoms with E-state index in [1.807, 2.05) is 6.07 Å². The van der Waals surface area contributed by atoms with Gasteiger partial charge >= 0.3 is 6.03 Å². The number of nitrogens with two attached hydrogens (primary N) is 1. The van der Waals surface area contributed by atoms with Crippen molar-refractivity contribution in [3.8, 4) is 11.8 Å². The fraction of sp³-hybridized carbons (Fsp3) is 0.103. The highest BCUT2D eigenvalue weighted by Crippen LogP contribution is 2.27. The highest BCUT2D eigenvalue weighted by Gasteiger charge is 2.22. The van der Waals surface area contributed by atoms with Crippen molar-refractivity contribution >= 4 is 62.6 Å². The minimum Gasteiger partial charge on any atom is -0.382 e. The van der Waals surface area contributed by atoms with Gasteiger partial charge < -0.3 is 26.2 Å². The summed E-state index contributed by atoms with van der Waals surface area (Å²) in [5.74, 6) is 0.270. The van der Waals surface area contributed by atoms with Crippen LogP contribution < -0.4 is 27.2 Å². The predicted octanol–water partition coefficient (Wildman–Crippen LogP) is 4.82. The fourth-order valence-electron chi connectivity index (χ4n) is 4.54. The van der Waals surface area contributed by atoms with E-state index in [1.165, 1.54) is 10.9 Å². The molecule has 44 heavy (non-hydrogen) atoms. The maximum absolute atomic E-state index is 14.0. The summed E-state index contributed by atoms with van der Waals surface area (Å²) in [7, 11) is 0. The average molecular weight is 630 g/mol. The molecular weight excluding hydrogens is 606 g/mol. The number of hydrogen-bond acceptors (Lipinski definition) is 9. The Kier molecular flexibility index (Phi) is 8.81. The smallest absolute Gasteiger partial charge is 0.323 e. The Labute approximate surface area is 258 Å². The number of nitriles is 1. The van der Waals surface area contributed by atoms with Crippen molar-refractivity contribution in [1.29, 1.82) is 5.26 Å². The summed E-state index contributed by atoms with van der Waals surface area (Å²) >= 11 is 4.33. The van der Waals surface area contributed by atoms with Gasteiger partial charge in [0.25, 0.3) is 5.56 Å². The number of amides is 2. The fourth-order valence-corrected chi connectivity index (χ4v) is 5.31. The monoisotopic (exact) mass is 629 g/mol. The summed E-state index contributed by atoms with van der Waals surface area (Å²) in [4.78, 5) is 39.6. The molecule has 0 spiro atoms. The molecule has 0 radical (unpaired) electrons. The first kappa shape index (κ1) is 30.1. The number of urea groups is 1. The molecule has 5 rings (SSSR count). The van der Waals surface area contributed by atoms with E-state index in [4.69, 9.17) is 22.3 Å². The molecule has 2 amide bonds. The molecule has 222 valence electrons. The topological polar surface area (TPSA) is 201 Å². The Morgan fingerprint density at radius 2 is 1.91 bits per heavy atom. The third-order valence-corrected chi connectivity index (χ3v) is 7.38. The van der Waals surface area contributed by atoms with E-state index >= 15 is 0 Å². The molecule has 6 N–H and O–H groups in total. The van der Waals surface area contributed by atoms with Crippen LogP contribution in [0, 0.1) is 11.3 Å². The van der Waals surface area contributed by atoms with Crippen LogP contribution in [0.25, 0.3) is 16.6 Å². The quantitative estimate of drug-likeness (QED) is 0.148. The Bertz CT molecular complexity index is 2030. The maximum Gasteiger partial charge on any atom is 0.323 e. The van der Waals surface area contributed by atoms with Gasteiger partial charge in [-0.2, -0.15) is 5.26 Å². The van der Waals surface area contributed by atoms with Crippen molar-refractivity contribution in [2.45, 2.75) is 18.7 Å². The van der Waals surface area contributed by atoms with Gasteiger partial charge in [-0.15, -0.1) is 0 Å². The first-order valence-corrected chi connectivity index (χ1v) is 14.6. The zero-order chi connectivity index (χ0) is 31.4. The number of para-hydroxylation sites is 1. The highest BCUT2D eigenvalue weighted by molar-refractivity contribution is 7.78. The second-order valence-corrected chi connectivity index (χ2v) is 10.8. The number of nitrogen functional groups attached to an aromatic ring is 1. The van der Waals surface area contributed by atoms with Crippen molar-refractivity contribution in [3.63, 3.8) is 0 Å². The second kappa shape index (κ2) is 12.9. The third kappa shape index (κ3) is 6.35. The molecule has 0 fully saturated rings. The van der Waals surface area contributed by atoms with Crippen molar-refractivity contribution in [1.82, 2.24) is 19.5 Å². The lowest BCUT2D eigenvalue weighted by atomic mass is 10.2. The van der Waals surface area contributed by atoms with E-state index in [0.717, 1.165) is 0 Å². The van der Waals surface area contributed by atoms with Gasteiger partial charge in [0.1, 0.15) is 35.4 Å². The number of nitrogens with one attached hydrogen (secondary N) is 3. The van der Waals surface area contributed by atoms with E-state index in [0.29, 0.717) is 28.1 Å². The number of nitrogens with zero attached hydrogens (tertiary/aromatic N) is 5. The van der Waals surface area contributed by atoms with Crippen LogP contribution >= 0.6 is 11.6 Å². The van der Waals surface area contributed by atoms with Gasteiger partial charge in [0.15, 0.2) is 11.1 Å². The number of fused-ring (bicyclic) bond motifs is 1. The number of benzene rings is 3. The molecule has 3 aromatic carbocycles. The normalized spacial score (nSPS) is 12.2. The first-order valence-electron chi connectivity index (χ1n) is 13.0. The molecule has 15 heteroatoms. The third-order valence-electron chi connectivity index (χ3n) is 6.51. The minimum atomic E-state index is -2.09. The number of halogens is 1. The molecule has 1 unspecified atom stereocenters. The second-order valence-electron chi connectivity index (χ2n) is 9.46. The molecule has 0 aliphatic rings. The van der Waals surface area contributed by atoms with E-state index in [1.54, 1.807) is 73.7 Å². The molecular formula is C29H24ClN9O4S. The molecule has 2 heterocycles. The standard InChI is InChI=1S/C29H24ClN9O4S/c1-16(35-26-20(13-31)25(32)33-15-34-26)27-37-23-11-5-9-21(30)24(23)28(40)39(27)19-8-4-7-18(12-19)36-29(41)38-22-10-3-2-6-17(22)14-44(42)43/h2-12,15-16H,14H2,1H3,(H,42,43)(H2,36,38,41)(H3,32,33,34,35)/t16-/m0/s1. The van der Waals surface area contributed by atoms with Crippen LogP contribution in [0.3, 0.4) is 0 Å². The Morgan fingerprint density at radius 1 is 1.14 bits per heavy atom. The highest BCUT2D eigenvalue weighted by atomic mass is 35.5. The number of anilines is 4. The Hall–Kier alpha value is -5.36. The van der Waals surface area contributed by atoms with Crippen LogP contribution in [0.4, 0.5) is 27.8 Å². The van der Waals surface area contributed by atoms with Crippen LogP contribution in [0.15, 0.2) is 77.9 Å². The number of hydrogen-bond donors (Lipinski definition) is 5. The summed E-state index contributed by atoms with van der Waals surface area (Å²) in [6.07, 6.45) is 1.22. The van der Waals surface area contributed by atoms with Gasteiger partial charge in [0, 0.05) is 11.4 Å². The molecule has 2 atom stereocenters. The Balaban J connectivity index is 1.53. The van der Waals surface area contributed by atoms with Crippen molar-refractivity contribution in [2.75, 3.05) is 21.7 Å². The lowest BCUT2D eigenvalue weighted by Gasteiger charge is -2.21. The van der Waals surface area contributed by atoms with Crippen LogP contribution in [0.1, 0.15) is 29.9 Å². The van der Waals surface area contributed by atoms with Crippen LogP contribution in [-0.2, 0) is 16.8 Å². The van der Waals surface area contributed by atoms with Gasteiger partial charge in [-0.1, -0.05) is 41.9 Å².